The lowest BCUT2D eigenvalue weighted by Gasteiger charge is -2.21. The Labute approximate surface area is 189 Å². The normalized spacial score (nSPS) is 15.1. The summed E-state index contributed by atoms with van der Waals surface area (Å²) in [5.41, 5.74) is 1.84. The lowest BCUT2D eigenvalue weighted by molar-refractivity contribution is 0.0379. The second-order valence-corrected chi connectivity index (χ2v) is 8.01. The molecule has 0 unspecified atom stereocenters. The summed E-state index contributed by atoms with van der Waals surface area (Å²) < 4.78 is 14.9. The number of halogens is 3. The van der Waals surface area contributed by atoms with Gasteiger partial charge in [-0.2, -0.15) is 0 Å². The van der Waals surface area contributed by atoms with Crippen molar-refractivity contribution < 1.29 is 9.23 Å². The van der Waals surface area contributed by atoms with Gasteiger partial charge >= 0.3 is 0 Å². The molecule has 0 radical (unpaired) electrons. The Morgan fingerprint density at radius 3 is 2.32 bits per heavy atom. The number of nitrogens with zero attached hydrogens (tertiary/aromatic N) is 2. The van der Waals surface area contributed by atoms with Gasteiger partial charge in [0.2, 0.25) is 0 Å². The molecule has 1 aliphatic heterocycles. The van der Waals surface area contributed by atoms with Crippen LogP contribution in [-0.2, 0) is 4.84 Å². The van der Waals surface area contributed by atoms with Gasteiger partial charge in [-0.15, -0.1) is 0 Å². The van der Waals surface area contributed by atoms with E-state index in [9.17, 15) is 9.18 Å². The van der Waals surface area contributed by atoms with Crippen LogP contribution in [0.3, 0.4) is 0 Å². The van der Waals surface area contributed by atoms with Crippen molar-refractivity contribution >= 4 is 28.9 Å². The van der Waals surface area contributed by atoms with Crippen LogP contribution < -0.4 is 10.9 Å². The van der Waals surface area contributed by atoms with Crippen molar-refractivity contribution in [3.63, 3.8) is 0 Å². The first-order chi connectivity index (χ1) is 15.0. The average Bonchev–Trinajstić information content (AvgIpc) is 2.77. The van der Waals surface area contributed by atoms with Gasteiger partial charge < -0.3 is 10.2 Å². The zero-order chi connectivity index (χ0) is 21.8. The molecule has 1 N–H and O–H groups in total. The maximum absolute atomic E-state index is 13.5. The summed E-state index contributed by atoms with van der Waals surface area (Å²) in [5.74, 6) is -0.352. The molecule has 0 atom stereocenters. The van der Waals surface area contributed by atoms with E-state index < -0.39 is 0 Å². The second-order valence-electron chi connectivity index (χ2n) is 7.20. The molecule has 0 aliphatic carbocycles. The highest BCUT2D eigenvalue weighted by molar-refractivity contribution is 6.37. The first-order valence-corrected chi connectivity index (χ1v) is 10.7. The molecule has 0 amide bonds. The van der Waals surface area contributed by atoms with E-state index in [2.05, 4.69) is 10.5 Å². The predicted octanol–water partition coefficient (Wildman–Crippen LogP) is 4.80. The molecule has 160 valence electrons. The van der Waals surface area contributed by atoms with Crippen LogP contribution in [0.5, 0.6) is 0 Å². The molecule has 2 aromatic carbocycles. The molecule has 2 heterocycles. The van der Waals surface area contributed by atoms with E-state index >= 15 is 0 Å². The summed E-state index contributed by atoms with van der Waals surface area (Å²) in [7, 11) is 0. The third-order valence-corrected chi connectivity index (χ3v) is 5.67. The fourth-order valence-corrected chi connectivity index (χ4v) is 4.01. The van der Waals surface area contributed by atoms with Crippen LogP contribution in [0.4, 0.5) is 4.39 Å². The first kappa shape index (κ1) is 21.6. The largest absolute Gasteiger partial charge is 0.392 e. The van der Waals surface area contributed by atoms with Crippen LogP contribution in [0.2, 0.25) is 10.0 Å². The van der Waals surface area contributed by atoms with E-state index in [0.717, 1.165) is 25.9 Å². The maximum atomic E-state index is 13.5. The third kappa shape index (κ3) is 4.98. The summed E-state index contributed by atoms with van der Waals surface area (Å²) in [6.07, 6.45) is 3.29. The molecule has 0 spiro atoms. The number of nitrogens with one attached hydrogen (secondary N) is 1. The minimum absolute atomic E-state index is 0.0133. The Kier molecular flexibility index (Phi) is 6.70. The number of rotatable bonds is 5. The van der Waals surface area contributed by atoms with Gasteiger partial charge in [0.05, 0.1) is 15.7 Å². The molecule has 0 saturated carbocycles. The Morgan fingerprint density at radius 2 is 1.65 bits per heavy atom. The van der Waals surface area contributed by atoms with Crippen molar-refractivity contribution in [2.24, 2.45) is 5.16 Å². The standard InChI is InChI=1S/C23H20Cl2FN3O2/c24-19-2-1-3-20(25)23(19)29-14-16(6-9-21(29)30)22(15-4-7-17(26)8-5-15)28-31-18-10-12-27-13-11-18/h1-9,14,18,27H,10-13H2. The molecule has 1 aromatic heterocycles. The van der Waals surface area contributed by atoms with E-state index in [-0.39, 0.29) is 17.5 Å². The van der Waals surface area contributed by atoms with Gasteiger partial charge in [-0.3, -0.25) is 9.36 Å². The minimum atomic E-state index is -0.352. The lowest BCUT2D eigenvalue weighted by Crippen LogP contribution is -2.31. The monoisotopic (exact) mass is 459 g/mol. The van der Waals surface area contributed by atoms with Gasteiger partial charge in [0, 0.05) is 23.4 Å². The van der Waals surface area contributed by atoms with Crippen LogP contribution in [0, 0.1) is 5.82 Å². The Bertz CT molecular complexity index is 1140. The highest BCUT2D eigenvalue weighted by atomic mass is 35.5. The topological polar surface area (TPSA) is 55.6 Å². The van der Waals surface area contributed by atoms with Crippen molar-refractivity contribution in [1.82, 2.24) is 9.88 Å². The molecule has 1 fully saturated rings. The number of piperidine rings is 1. The molecule has 8 heteroatoms. The molecule has 5 nitrogen and oxygen atoms in total. The number of para-hydroxylation sites is 1. The number of benzene rings is 2. The number of pyridine rings is 1. The number of aromatic nitrogens is 1. The molecular formula is C23H20Cl2FN3O2. The van der Waals surface area contributed by atoms with Crippen molar-refractivity contribution in [2.75, 3.05) is 13.1 Å². The third-order valence-electron chi connectivity index (χ3n) is 5.06. The van der Waals surface area contributed by atoms with E-state index in [4.69, 9.17) is 28.0 Å². The van der Waals surface area contributed by atoms with Gasteiger partial charge in [-0.1, -0.05) is 34.4 Å². The highest BCUT2D eigenvalue weighted by Gasteiger charge is 2.17. The Hall–Kier alpha value is -2.67. The van der Waals surface area contributed by atoms with Crippen LogP contribution in [0.25, 0.3) is 5.69 Å². The van der Waals surface area contributed by atoms with Gasteiger partial charge in [0.1, 0.15) is 17.6 Å². The average molecular weight is 460 g/mol. The van der Waals surface area contributed by atoms with Gasteiger partial charge in [-0.25, -0.2) is 4.39 Å². The molecule has 0 bridgehead atoms. The number of oxime groups is 1. The van der Waals surface area contributed by atoms with Gasteiger partial charge in [-0.05, 0) is 68.4 Å². The Morgan fingerprint density at radius 1 is 1.00 bits per heavy atom. The van der Waals surface area contributed by atoms with Crippen LogP contribution in [-0.4, -0.2) is 29.5 Å². The van der Waals surface area contributed by atoms with Gasteiger partial charge in [0.25, 0.3) is 5.56 Å². The fourth-order valence-electron chi connectivity index (χ4n) is 3.43. The fraction of sp³-hybridized carbons (Fsp3) is 0.217. The van der Waals surface area contributed by atoms with Crippen LogP contribution >= 0.6 is 23.2 Å². The first-order valence-electron chi connectivity index (χ1n) is 9.91. The van der Waals surface area contributed by atoms with Crippen molar-refractivity contribution in [3.8, 4) is 5.69 Å². The minimum Gasteiger partial charge on any atom is -0.392 e. The van der Waals surface area contributed by atoms with E-state index in [0.29, 0.717) is 32.6 Å². The zero-order valence-electron chi connectivity index (χ0n) is 16.5. The maximum Gasteiger partial charge on any atom is 0.255 e. The van der Waals surface area contributed by atoms with E-state index in [1.807, 2.05) is 0 Å². The van der Waals surface area contributed by atoms with E-state index in [1.165, 1.54) is 22.8 Å². The van der Waals surface area contributed by atoms with Crippen LogP contribution in [0.1, 0.15) is 24.0 Å². The van der Waals surface area contributed by atoms with Crippen LogP contribution in [0.15, 0.2) is 70.7 Å². The summed E-state index contributed by atoms with van der Waals surface area (Å²) >= 11 is 12.6. The predicted molar refractivity (Wildman–Crippen MR) is 121 cm³/mol. The number of hydrogen-bond donors (Lipinski definition) is 1. The smallest absolute Gasteiger partial charge is 0.255 e. The summed E-state index contributed by atoms with van der Waals surface area (Å²) in [5, 5.41) is 8.38. The van der Waals surface area contributed by atoms with E-state index in [1.54, 1.807) is 42.6 Å². The van der Waals surface area contributed by atoms with Crippen molar-refractivity contribution in [3.05, 3.63) is 98.1 Å². The van der Waals surface area contributed by atoms with Crippen molar-refractivity contribution in [2.45, 2.75) is 18.9 Å². The SMILES string of the molecule is O=c1ccc(C(=NOC2CCNCC2)c2ccc(F)cc2)cn1-c1c(Cl)cccc1Cl. The summed E-state index contributed by atoms with van der Waals surface area (Å²) in [4.78, 5) is 18.4. The summed E-state index contributed by atoms with van der Waals surface area (Å²) in [6.45, 7) is 1.73. The second kappa shape index (κ2) is 9.64. The highest BCUT2D eigenvalue weighted by Crippen LogP contribution is 2.27. The zero-order valence-corrected chi connectivity index (χ0v) is 18.0. The molecule has 3 aromatic rings. The summed E-state index contributed by atoms with van der Waals surface area (Å²) in [6, 6.07) is 14.1. The number of hydrogen-bond acceptors (Lipinski definition) is 4. The Balaban J connectivity index is 1.79. The molecule has 1 aliphatic rings. The molecule has 4 rings (SSSR count). The lowest BCUT2D eigenvalue weighted by atomic mass is 10.0. The molecule has 1 saturated heterocycles. The molecule has 31 heavy (non-hydrogen) atoms. The van der Waals surface area contributed by atoms with Crippen molar-refractivity contribution in [1.29, 1.82) is 0 Å². The molecular weight excluding hydrogens is 440 g/mol. The quantitative estimate of drug-likeness (QED) is 0.440. The van der Waals surface area contributed by atoms with Gasteiger partial charge in [0.15, 0.2) is 0 Å².